The number of benzene rings is 1. The molecule has 0 saturated heterocycles. The van der Waals surface area contributed by atoms with Gasteiger partial charge in [-0.2, -0.15) is 13.2 Å². The van der Waals surface area contributed by atoms with E-state index in [0.29, 0.717) is 0 Å². The van der Waals surface area contributed by atoms with Gasteiger partial charge in [0.05, 0.1) is 5.56 Å². The van der Waals surface area contributed by atoms with Crippen LogP contribution in [0.5, 0.6) is 0 Å². The van der Waals surface area contributed by atoms with E-state index in [9.17, 15) is 18.0 Å². The number of halogens is 3. The van der Waals surface area contributed by atoms with E-state index in [2.05, 4.69) is 29.0 Å². The van der Waals surface area contributed by atoms with Crippen molar-refractivity contribution >= 4 is 17.3 Å². The molecule has 0 fully saturated rings. The predicted octanol–water partition coefficient (Wildman–Crippen LogP) is 4.98. The number of aromatic nitrogens is 1. The second kappa shape index (κ2) is 8.69. The first kappa shape index (κ1) is 19.8. The third kappa shape index (κ3) is 5.21. The zero-order valence-electron chi connectivity index (χ0n) is 14.8. The zero-order valence-corrected chi connectivity index (χ0v) is 14.8. The molecule has 1 aromatic carbocycles. The summed E-state index contributed by atoms with van der Waals surface area (Å²) in [4.78, 5) is 18.6. The molecule has 7 heteroatoms. The van der Waals surface area contributed by atoms with Crippen LogP contribution in [0.25, 0.3) is 0 Å². The number of anilines is 2. The van der Waals surface area contributed by atoms with Gasteiger partial charge in [-0.05, 0) is 43.2 Å². The predicted molar refractivity (Wildman–Crippen MR) is 96.4 cm³/mol. The van der Waals surface area contributed by atoms with Gasteiger partial charge in [0.2, 0.25) is 0 Å². The minimum Gasteiger partial charge on any atom is -0.371 e. The molecule has 26 heavy (non-hydrogen) atoms. The van der Waals surface area contributed by atoms with Crippen LogP contribution in [0, 0.1) is 0 Å². The van der Waals surface area contributed by atoms with Crippen LogP contribution in [-0.2, 0) is 6.18 Å². The molecule has 0 aliphatic rings. The van der Waals surface area contributed by atoms with Crippen LogP contribution in [0.15, 0.2) is 42.6 Å². The minimum absolute atomic E-state index is 0.0796. The minimum atomic E-state index is -4.46. The first-order valence-electron chi connectivity index (χ1n) is 8.54. The van der Waals surface area contributed by atoms with E-state index in [0.717, 1.165) is 43.8 Å². The van der Waals surface area contributed by atoms with Crippen LogP contribution < -0.4 is 10.2 Å². The van der Waals surface area contributed by atoms with E-state index in [1.165, 1.54) is 18.3 Å². The van der Waals surface area contributed by atoms with Crippen LogP contribution in [0.1, 0.15) is 42.7 Å². The van der Waals surface area contributed by atoms with Crippen molar-refractivity contribution in [2.45, 2.75) is 32.9 Å². The molecule has 0 aliphatic heterocycles. The summed E-state index contributed by atoms with van der Waals surface area (Å²) in [6, 6.07) is 8.02. The van der Waals surface area contributed by atoms with Gasteiger partial charge in [0, 0.05) is 30.7 Å². The van der Waals surface area contributed by atoms with E-state index >= 15 is 0 Å². The third-order valence-corrected chi connectivity index (χ3v) is 3.78. The van der Waals surface area contributed by atoms with Crippen molar-refractivity contribution in [1.82, 2.24) is 4.98 Å². The van der Waals surface area contributed by atoms with Gasteiger partial charge >= 0.3 is 6.18 Å². The average Bonchev–Trinajstić information content (AvgIpc) is 2.61. The molecule has 0 bridgehead atoms. The molecule has 2 rings (SSSR count). The highest BCUT2D eigenvalue weighted by molar-refractivity contribution is 6.03. The summed E-state index contributed by atoms with van der Waals surface area (Å²) >= 11 is 0. The second-order valence-corrected chi connectivity index (χ2v) is 5.92. The fraction of sp³-hybridized carbons (Fsp3) is 0.368. The Balaban J connectivity index is 2.19. The van der Waals surface area contributed by atoms with Gasteiger partial charge in [0.25, 0.3) is 5.91 Å². The highest BCUT2D eigenvalue weighted by Gasteiger charge is 2.30. The van der Waals surface area contributed by atoms with Crippen molar-refractivity contribution in [1.29, 1.82) is 0 Å². The summed E-state index contributed by atoms with van der Waals surface area (Å²) in [7, 11) is 0. The van der Waals surface area contributed by atoms with Crippen molar-refractivity contribution in [2.24, 2.45) is 0 Å². The monoisotopic (exact) mass is 365 g/mol. The molecule has 0 atom stereocenters. The van der Waals surface area contributed by atoms with Crippen molar-refractivity contribution in [3.05, 3.63) is 53.9 Å². The standard InChI is InChI=1S/C19H22F3N3O/c1-3-10-25(11-4-2)16-8-9-23-17(13-16)18(26)24-15-7-5-6-14(12-15)19(20,21)22/h5-9,12-13H,3-4,10-11H2,1-2H3,(H,24,26). The normalized spacial score (nSPS) is 11.3. The molecule has 1 amide bonds. The maximum Gasteiger partial charge on any atom is 0.416 e. The van der Waals surface area contributed by atoms with Crippen LogP contribution in [0.4, 0.5) is 24.5 Å². The SMILES string of the molecule is CCCN(CCC)c1ccnc(C(=O)Nc2cccc(C(F)(F)F)c2)c1. The molecule has 0 saturated carbocycles. The largest absolute Gasteiger partial charge is 0.416 e. The van der Waals surface area contributed by atoms with Crippen molar-refractivity contribution in [3.63, 3.8) is 0 Å². The average molecular weight is 365 g/mol. The Morgan fingerprint density at radius 2 is 1.81 bits per heavy atom. The lowest BCUT2D eigenvalue weighted by Gasteiger charge is -2.23. The van der Waals surface area contributed by atoms with E-state index in [-0.39, 0.29) is 11.4 Å². The maximum atomic E-state index is 12.8. The van der Waals surface area contributed by atoms with Gasteiger partial charge < -0.3 is 10.2 Å². The molecule has 0 aliphatic carbocycles. The van der Waals surface area contributed by atoms with E-state index in [1.54, 1.807) is 6.07 Å². The highest BCUT2D eigenvalue weighted by atomic mass is 19.4. The summed E-state index contributed by atoms with van der Waals surface area (Å²) in [5.74, 6) is -0.542. The molecule has 140 valence electrons. The molecule has 1 aromatic heterocycles. The Bertz CT molecular complexity index is 741. The molecule has 2 aromatic rings. The number of carbonyl (C=O) groups excluding carboxylic acids is 1. The maximum absolute atomic E-state index is 12.8. The Kier molecular flexibility index (Phi) is 6.60. The van der Waals surface area contributed by atoms with Gasteiger partial charge in [0.15, 0.2) is 0 Å². The summed E-state index contributed by atoms with van der Waals surface area (Å²) < 4.78 is 38.4. The van der Waals surface area contributed by atoms with E-state index in [1.807, 2.05) is 6.07 Å². The van der Waals surface area contributed by atoms with Gasteiger partial charge in [-0.25, -0.2) is 0 Å². The number of hydrogen-bond acceptors (Lipinski definition) is 3. The molecule has 0 radical (unpaired) electrons. The summed E-state index contributed by atoms with van der Waals surface area (Å²) in [6.07, 6.45) is -0.989. The fourth-order valence-electron chi connectivity index (χ4n) is 2.62. The quantitative estimate of drug-likeness (QED) is 0.753. The number of rotatable bonds is 7. The fourth-order valence-corrected chi connectivity index (χ4v) is 2.62. The van der Waals surface area contributed by atoms with Gasteiger partial charge in [-0.1, -0.05) is 19.9 Å². The molecule has 1 heterocycles. The Hall–Kier alpha value is -2.57. The first-order valence-corrected chi connectivity index (χ1v) is 8.54. The number of alkyl halides is 3. The van der Waals surface area contributed by atoms with Gasteiger partial charge in [-0.15, -0.1) is 0 Å². The van der Waals surface area contributed by atoms with Crippen LogP contribution in [-0.4, -0.2) is 24.0 Å². The number of amides is 1. The van der Waals surface area contributed by atoms with Crippen molar-refractivity contribution < 1.29 is 18.0 Å². The van der Waals surface area contributed by atoms with Crippen LogP contribution in [0.2, 0.25) is 0 Å². The third-order valence-electron chi connectivity index (χ3n) is 3.78. The van der Waals surface area contributed by atoms with Gasteiger partial charge in [0.1, 0.15) is 5.69 Å². The Morgan fingerprint density at radius 1 is 1.12 bits per heavy atom. The Labute approximate surface area is 151 Å². The molecule has 0 spiro atoms. The number of carbonyl (C=O) groups is 1. The summed E-state index contributed by atoms with van der Waals surface area (Å²) in [5, 5.41) is 2.48. The molecular formula is C19H22F3N3O. The Morgan fingerprint density at radius 3 is 2.42 bits per heavy atom. The molecule has 4 nitrogen and oxygen atoms in total. The van der Waals surface area contributed by atoms with E-state index in [4.69, 9.17) is 0 Å². The zero-order chi connectivity index (χ0) is 19.2. The van der Waals surface area contributed by atoms with Gasteiger partial charge in [-0.3, -0.25) is 9.78 Å². The smallest absolute Gasteiger partial charge is 0.371 e. The van der Waals surface area contributed by atoms with Crippen LogP contribution in [0.3, 0.4) is 0 Å². The highest BCUT2D eigenvalue weighted by Crippen LogP contribution is 2.30. The topological polar surface area (TPSA) is 45.2 Å². The lowest BCUT2D eigenvalue weighted by atomic mass is 10.2. The second-order valence-electron chi connectivity index (χ2n) is 5.92. The number of nitrogens with zero attached hydrogens (tertiary/aromatic N) is 2. The van der Waals surface area contributed by atoms with E-state index < -0.39 is 17.6 Å². The first-order chi connectivity index (χ1) is 12.3. The summed E-state index contributed by atoms with van der Waals surface area (Å²) in [6.45, 7) is 5.86. The van der Waals surface area contributed by atoms with Crippen LogP contribution >= 0.6 is 0 Å². The number of pyridine rings is 1. The van der Waals surface area contributed by atoms with Crippen molar-refractivity contribution in [3.8, 4) is 0 Å². The molecule has 0 unspecified atom stereocenters. The summed E-state index contributed by atoms with van der Waals surface area (Å²) in [5.41, 5.74) is 0.306. The lowest BCUT2D eigenvalue weighted by Crippen LogP contribution is -2.25. The molecular weight excluding hydrogens is 343 g/mol. The van der Waals surface area contributed by atoms with Crippen molar-refractivity contribution in [2.75, 3.05) is 23.3 Å². The number of nitrogens with one attached hydrogen (secondary N) is 1. The number of hydrogen-bond donors (Lipinski definition) is 1. The lowest BCUT2D eigenvalue weighted by molar-refractivity contribution is -0.137. The molecule has 1 N–H and O–H groups in total.